The van der Waals surface area contributed by atoms with Crippen LogP contribution in [-0.2, 0) is 9.53 Å². The molecule has 0 aromatic carbocycles. The Morgan fingerprint density at radius 3 is 2.81 bits per heavy atom. The largest absolute Gasteiger partial charge is 0.465 e. The third kappa shape index (κ3) is 4.97. The summed E-state index contributed by atoms with van der Waals surface area (Å²) in [5, 5.41) is 3.31. The molecular weight excluding hydrogens is 202 g/mol. The molecule has 1 aliphatic rings. The van der Waals surface area contributed by atoms with Crippen LogP contribution in [-0.4, -0.2) is 25.2 Å². The normalized spacial score (nSPS) is 24.8. The topological polar surface area (TPSA) is 38.3 Å². The fourth-order valence-corrected chi connectivity index (χ4v) is 2.31. The van der Waals surface area contributed by atoms with Crippen molar-refractivity contribution in [2.75, 3.05) is 13.2 Å². The first-order valence-corrected chi connectivity index (χ1v) is 6.42. The monoisotopic (exact) mass is 227 g/mol. The first-order valence-electron chi connectivity index (χ1n) is 6.42. The first-order chi connectivity index (χ1) is 7.53. The van der Waals surface area contributed by atoms with Crippen LogP contribution in [0.1, 0.15) is 52.9 Å². The molecule has 1 fully saturated rings. The summed E-state index contributed by atoms with van der Waals surface area (Å²) in [7, 11) is 0. The van der Waals surface area contributed by atoms with Crippen LogP contribution in [0.25, 0.3) is 0 Å². The van der Waals surface area contributed by atoms with E-state index < -0.39 is 0 Å². The zero-order chi connectivity index (χ0) is 12.0. The van der Waals surface area contributed by atoms with Crippen molar-refractivity contribution in [2.45, 2.75) is 58.9 Å². The Kier molecular flexibility index (Phi) is 5.26. The van der Waals surface area contributed by atoms with Gasteiger partial charge in [0.15, 0.2) is 0 Å². The highest BCUT2D eigenvalue weighted by molar-refractivity contribution is 5.71. The van der Waals surface area contributed by atoms with Crippen LogP contribution in [0, 0.1) is 5.41 Å². The summed E-state index contributed by atoms with van der Waals surface area (Å²) >= 11 is 0. The summed E-state index contributed by atoms with van der Waals surface area (Å²) in [6.45, 7) is 7.34. The molecule has 0 aliphatic heterocycles. The molecule has 0 radical (unpaired) electrons. The molecule has 0 amide bonds. The lowest BCUT2D eigenvalue weighted by Crippen LogP contribution is -2.34. The molecule has 94 valence electrons. The van der Waals surface area contributed by atoms with Crippen molar-refractivity contribution in [2.24, 2.45) is 5.41 Å². The Morgan fingerprint density at radius 1 is 1.38 bits per heavy atom. The van der Waals surface area contributed by atoms with Crippen LogP contribution in [0.4, 0.5) is 0 Å². The molecule has 1 aliphatic carbocycles. The second-order valence-electron chi connectivity index (χ2n) is 5.48. The molecule has 1 rings (SSSR count). The van der Waals surface area contributed by atoms with Gasteiger partial charge in [-0.3, -0.25) is 4.79 Å². The van der Waals surface area contributed by atoms with Gasteiger partial charge in [-0.2, -0.15) is 0 Å². The van der Waals surface area contributed by atoms with Crippen LogP contribution in [0.5, 0.6) is 0 Å². The maximum absolute atomic E-state index is 11.2. The van der Waals surface area contributed by atoms with Gasteiger partial charge >= 0.3 is 5.97 Å². The second-order valence-corrected chi connectivity index (χ2v) is 5.48. The van der Waals surface area contributed by atoms with E-state index in [9.17, 15) is 4.79 Å². The number of nitrogens with one attached hydrogen (secondary N) is 1. The molecule has 1 N–H and O–H groups in total. The van der Waals surface area contributed by atoms with Crippen LogP contribution in [0.2, 0.25) is 0 Å². The van der Waals surface area contributed by atoms with E-state index in [0.717, 1.165) is 0 Å². The van der Waals surface area contributed by atoms with Gasteiger partial charge in [-0.15, -0.1) is 0 Å². The van der Waals surface area contributed by atoms with Gasteiger partial charge < -0.3 is 10.1 Å². The summed E-state index contributed by atoms with van der Waals surface area (Å²) in [6, 6.07) is 0.492. The van der Waals surface area contributed by atoms with Crippen molar-refractivity contribution in [1.82, 2.24) is 5.32 Å². The fourth-order valence-electron chi connectivity index (χ4n) is 2.31. The number of rotatable bonds is 4. The summed E-state index contributed by atoms with van der Waals surface area (Å²) in [6.07, 6.45) is 6.15. The Bertz CT molecular complexity index is 226. The number of carbonyl (C=O) groups excluding carboxylic acids is 1. The van der Waals surface area contributed by atoms with Crippen molar-refractivity contribution in [1.29, 1.82) is 0 Å². The van der Waals surface area contributed by atoms with E-state index in [1.807, 2.05) is 6.92 Å². The fraction of sp³-hybridized carbons (Fsp3) is 0.923. The van der Waals surface area contributed by atoms with E-state index in [1.165, 1.54) is 32.1 Å². The molecule has 1 unspecified atom stereocenters. The van der Waals surface area contributed by atoms with E-state index >= 15 is 0 Å². The van der Waals surface area contributed by atoms with Crippen molar-refractivity contribution in [3.63, 3.8) is 0 Å². The van der Waals surface area contributed by atoms with Gasteiger partial charge in [0, 0.05) is 6.04 Å². The minimum absolute atomic E-state index is 0.133. The average molecular weight is 227 g/mol. The smallest absolute Gasteiger partial charge is 0.319 e. The van der Waals surface area contributed by atoms with Gasteiger partial charge in [-0.25, -0.2) is 0 Å². The summed E-state index contributed by atoms with van der Waals surface area (Å²) < 4.78 is 4.90. The molecule has 0 heterocycles. The number of carbonyl (C=O) groups is 1. The SMILES string of the molecule is CCOC(=O)CNC1CCCC(C)(C)CC1. The lowest BCUT2D eigenvalue weighted by Gasteiger charge is -2.22. The summed E-state index contributed by atoms with van der Waals surface area (Å²) in [5.41, 5.74) is 0.473. The number of esters is 1. The number of hydrogen-bond acceptors (Lipinski definition) is 3. The van der Waals surface area contributed by atoms with Crippen LogP contribution in [0.3, 0.4) is 0 Å². The van der Waals surface area contributed by atoms with Crippen molar-refractivity contribution in [3.8, 4) is 0 Å². The maximum atomic E-state index is 11.2. The Hall–Kier alpha value is -0.570. The standard InChI is InChI=1S/C13H25NO2/c1-4-16-12(15)10-14-11-6-5-8-13(2,3)9-7-11/h11,14H,4-10H2,1-3H3. The third-order valence-corrected chi connectivity index (χ3v) is 3.42. The van der Waals surface area contributed by atoms with Crippen molar-refractivity contribution < 1.29 is 9.53 Å². The highest BCUT2D eigenvalue weighted by Gasteiger charge is 2.24. The van der Waals surface area contributed by atoms with Gasteiger partial charge in [0.1, 0.15) is 0 Å². The molecule has 0 spiro atoms. The number of hydrogen-bond donors (Lipinski definition) is 1. The van der Waals surface area contributed by atoms with Crippen molar-refractivity contribution in [3.05, 3.63) is 0 Å². The third-order valence-electron chi connectivity index (χ3n) is 3.42. The molecule has 0 aromatic rings. The minimum atomic E-state index is -0.133. The van der Waals surface area contributed by atoms with Crippen molar-refractivity contribution >= 4 is 5.97 Å². The van der Waals surface area contributed by atoms with E-state index in [0.29, 0.717) is 24.6 Å². The van der Waals surface area contributed by atoms with E-state index in [-0.39, 0.29) is 5.97 Å². The molecule has 3 nitrogen and oxygen atoms in total. The van der Waals surface area contributed by atoms with Crippen LogP contribution in [0.15, 0.2) is 0 Å². The highest BCUT2D eigenvalue weighted by Crippen LogP contribution is 2.33. The Balaban J connectivity index is 2.25. The minimum Gasteiger partial charge on any atom is -0.465 e. The lowest BCUT2D eigenvalue weighted by molar-refractivity contribution is -0.142. The lowest BCUT2D eigenvalue weighted by atomic mass is 9.85. The molecule has 1 saturated carbocycles. The molecule has 0 saturated heterocycles. The summed E-state index contributed by atoms with van der Waals surface area (Å²) in [4.78, 5) is 11.2. The predicted octanol–water partition coefficient (Wildman–Crippen LogP) is 2.50. The van der Waals surface area contributed by atoms with Crippen LogP contribution < -0.4 is 5.32 Å². The first kappa shape index (κ1) is 13.5. The van der Waals surface area contributed by atoms with Gasteiger partial charge in [0.25, 0.3) is 0 Å². The van der Waals surface area contributed by atoms with Gasteiger partial charge in [-0.1, -0.05) is 20.3 Å². The van der Waals surface area contributed by atoms with Gasteiger partial charge in [0.2, 0.25) is 0 Å². The Morgan fingerprint density at radius 2 is 2.12 bits per heavy atom. The summed E-state index contributed by atoms with van der Waals surface area (Å²) in [5.74, 6) is -0.133. The molecule has 1 atom stereocenters. The van der Waals surface area contributed by atoms with E-state index in [1.54, 1.807) is 0 Å². The highest BCUT2D eigenvalue weighted by atomic mass is 16.5. The van der Waals surface area contributed by atoms with Gasteiger partial charge in [0.05, 0.1) is 13.2 Å². The van der Waals surface area contributed by atoms with Gasteiger partial charge in [-0.05, 0) is 38.0 Å². The Labute approximate surface area is 98.9 Å². The van der Waals surface area contributed by atoms with E-state index in [4.69, 9.17) is 4.74 Å². The quantitative estimate of drug-likeness (QED) is 0.592. The predicted molar refractivity (Wildman–Crippen MR) is 65.3 cm³/mol. The zero-order valence-electron chi connectivity index (χ0n) is 10.8. The number of ether oxygens (including phenoxy) is 1. The average Bonchev–Trinajstić information content (AvgIpc) is 2.37. The molecule has 0 aromatic heterocycles. The van der Waals surface area contributed by atoms with Crippen LogP contribution >= 0.6 is 0 Å². The van der Waals surface area contributed by atoms with E-state index in [2.05, 4.69) is 19.2 Å². The maximum Gasteiger partial charge on any atom is 0.319 e. The molecule has 0 bridgehead atoms. The zero-order valence-corrected chi connectivity index (χ0v) is 10.8. The molecular formula is C13H25NO2. The second kappa shape index (κ2) is 6.24. The molecule has 16 heavy (non-hydrogen) atoms. The molecule has 3 heteroatoms.